The fraction of sp³-hybridized carbons (Fsp3) is 0.756. The number of hydrogen-bond donors (Lipinski definition) is 15. The van der Waals surface area contributed by atoms with Gasteiger partial charge in [0.05, 0.1) is 13.2 Å². The van der Waals surface area contributed by atoms with Crippen LogP contribution in [-0.4, -0.2) is 219 Å². The number of rotatable bonds is 28. The normalized spacial score (nSPS) is 27.1. The minimum absolute atomic E-state index is 0.0158. The summed E-state index contributed by atoms with van der Waals surface area (Å²) in [7, 11) is 1.19. The zero-order valence-corrected chi connectivity index (χ0v) is 40.1. The van der Waals surface area contributed by atoms with Crippen LogP contribution in [0.4, 0.5) is 0 Å². The van der Waals surface area contributed by atoms with Gasteiger partial charge in [0.1, 0.15) is 91.1 Å². The Kier molecular flexibility index (Phi) is 25.1. The molecule has 2 heterocycles. The van der Waals surface area contributed by atoms with E-state index in [0.717, 1.165) is 13.8 Å². The van der Waals surface area contributed by atoms with Gasteiger partial charge in [-0.3, -0.25) is 43.2 Å². The van der Waals surface area contributed by atoms with Gasteiger partial charge in [-0.1, -0.05) is 0 Å². The lowest BCUT2D eigenvalue weighted by Crippen LogP contribution is -2.70. The van der Waals surface area contributed by atoms with Crippen LogP contribution < -0.4 is 43.0 Å². The number of aliphatic hydroxyl groups excluding tert-OH is 4. The number of nitrogens with two attached hydrogens (primary N) is 1. The summed E-state index contributed by atoms with van der Waals surface area (Å²) in [5.74, 6) is -10.4. The average Bonchev–Trinajstić information content (AvgIpc) is 3.29. The summed E-state index contributed by atoms with van der Waals surface area (Å²) in [5, 5.41) is 86.1. The number of amides is 7. The Labute approximate surface area is 406 Å². The van der Waals surface area contributed by atoms with Crippen LogP contribution in [0.1, 0.15) is 73.6 Å². The highest BCUT2D eigenvalue weighted by atomic mass is 16.7. The molecule has 2 aliphatic heterocycles. The maximum absolute atomic E-state index is 13.6. The van der Waals surface area contributed by atoms with Crippen molar-refractivity contribution in [2.75, 3.05) is 20.3 Å². The minimum Gasteiger partial charge on any atom is -0.480 e. The van der Waals surface area contributed by atoms with Crippen LogP contribution in [0, 0.1) is 0 Å². The lowest BCUT2D eigenvalue weighted by molar-refractivity contribution is -0.335. The van der Waals surface area contributed by atoms with E-state index in [4.69, 9.17) is 39.6 Å². The number of ether oxygens (including phenoxy) is 5. The summed E-state index contributed by atoms with van der Waals surface area (Å²) < 4.78 is 29.2. The predicted molar refractivity (Wildman–Crippen MR) is 236 cm³/mol. The summed E-state index contributed by atoms with van der Waals surface area (Å²) >= 11 is 0. The van der Waals surface area contributed by atoms with Gasteiger partial charge in [-0.05, 0) is 53.4 Å². The van der Waals surface area contributed by atoms with Gasteiger partial charge in [0.15, 0.2) is 12.6 Å². The number of hydrogen-bond acceptors (Lipinski definition) is 20. The largest absolute Gasteiger partial charge is 0.480 e. The fourth-order valence-electron chi connectivity index (χ4n) is 7.21. The lowest BCUT2D eigenvalue weighted by Gasteiger charge is -2.49. The summed E-state index contributed by atoms with van der Waals surface area (Å²) in [6, 6.07) is -11.4. The Balaban J connectivity index is 2.24. The molecule has 404 valence electrons. The Morgan fingerprint density at radius 1 is 0.592 bits per heavy atom. The topological polar surface area (TPSA) is 469 Å². The molecule has 0 unspecified atom stereocenters. The van der Waals surface area contributed by atoms with E-state index < -0.39 is 189 Å². The number of methoxy groups -OCH3 is 1. The van der Waals surface area contributed by atoms with Crippen molar-refractivity contribution in [3.05, 3.63) is 0 Å². The summed E-state index contributed by atoms with van der Waals surface area (Å²) in [6.45, 7) is 5.40. The fourth-order valence-corrected chi connectivity index (χ4v) is 7.21. The molecule has 71 heavy (non-hydrogen) atoms. The van der Waals surface area contributed by atoms with Crippen molar-refractivity contribution >= 4 is 59.3 Å². The van der Waals surface area contributed by atoms with E-state index in [0.29, 0.717) is 0 Å². The minimum atomic E-state index is -1.77. The molecule has 17 atom stereocenters. The second-order valence-corrected chi connectivity index (χ2v) is 16.9. The molecule has 0 bridgehead atoms. The first-order valence-corrected chi connectivity index (χ1v) is 22.4. The maximum atomic E-state index is 13.6. The quantitative estimate of drug-likeness (QED) is 0.0346. The van der Waals surface area contributed by atoms with Gasteiger partial charge in [-0.2, -0.15) is 0 Å². The Morgan fingerprint density at radius 2 is 1.13 bits per heavy atom. The van der Waals surface area contributed by atoms with Crippen LogP contribution in [0.15, 0.2) is 0 Å². The molecule has 7 amide bonds. The van der Waals surface area contributed by atoms with Crippen molar-refractivity contribution in [2.45, 2.75) is 177 Å². The van der Waals surface area contributed by atoms with Crippen molar-refractivity contribution < 1.29 is 107 Å². The maximum Gasteiger partial charge on any atom is 0.326 e. The van der Waals surface area contributed by atoms with Crippen LogP contribution >= 0.6 is 0 Å². The van der Waals surface area contributed by atoms with E-state index in [1.165, 1.54) is 34.8 Å². The highest BCUT2D eigenvalue weighted by Gasteiger charge is 2.53. The van der Waals surface area contributed by atoms with Gasteiger partial charge in [0.25, 0.3) is 0 Å². The number of carboxylic acid groups (broad SMARTS) is 3. The number of carbonyl (C=O) groups excluding carboxylic acids is 7. The first-order chi connectivity index (χ1) is 33.2. The average molecular weight is 1030 g/mol. The Hall–Kier alpha value is -5.70. The van der Waals surface area contributed by atoms with E-state index in [9.17, 15) is 73.5 Å². The molecule has 0 radical (unpaired) electrons. The molecule has 2 aliphatic rings. The van der Waals surface area contributed by atoms with Crippen molar-refractivity contribution in [2.24, 2.45) is 5.73 Å². The van der Waals surface area contributed by atoms with Crippen molar-refractivity contribution in [3.63, 3.8) is 0 Å². The van der Waals surface area contributed by atoms with E-state index >= 15 is 0 Å². The Morgan fingerprint density at radius 3 is 1.65 bits per heavy atom. The monoisotopic (exact) mass is 1020 g/mol. The third-order valence-corrected chi connectivity index (χ3v) is 11.2. The molecule has 0 aromatic carbocycles. The van der Waals surface area contributed by atoms with E-state index in [-0.39, 0.29) is 19.3 Å². The first kappa shape index (κ1) is 61.4. The third-order valence-electron chi connectivity index (χ3n) is 11.2. The Bertz CT molecular complexity index is 1880. The van der Waals surface area contributed by atoms with Gasteiger partial charge < -0.3 is 102 Å². The summed E-state index contributed by atoms with van der Waals surface area (Å²) in [5.41, 5.74) is 5.55. The second kappa shape index (κ2) is 29.0. The molecule has 30 nitrogen and oxygen atoms in total. The molecular weight excluding hydrogens is 956 g/mol. The van der Waals surface area contributed by atoms with Crippen LogP contribution in [0.2, 0.25) is 0 Å². The van der Waals surface area contributed by atoms with Gasteiger partial charge in [-0.15, -0.1) is 0 Å². The molecule has 0 aromatic rings. The molecule has 16 N–H and O–H groups in total. The van der Waals surface area contributed by atoms with Crippen molar-refractivity contribution in [3.8, 4) is 0 Å². The van der Waals surface area contributed by atoms with E-state index in [1.807, 2.05) is 0 Å². The molecule has 2 rings (SSSR count). The number of nitrogens with one attached hydrogen (secondary N) is 7. The summed E-state index contributed by atoms with van der Waals surface area (Å²) in [6.07, 6.45) is -15.6. The molecule has 0 aliphatic carbocycles. The van der Waals surface area contributed by atoms with Gasteiger partial charge >= 0.3 is 17.9 Å². The molecule has 2 fully saturated rings. The highest BCUT2D eigenvalue weighted by Crippen LogP contribution is 2.32. The molecule has 0 spiro atoms. The molecular formula is C41H68N8O22. The summed E-state index contributed by atoms with van der Waals surface area (Å²) in [4.78, 5) is 125. The van der Waals surface area contributed by atoms with Crippen LogP contribution in [0.25, 0.3) is 0 Å². The number of aliphatic carboxylic acids is 3. The number of carbonyl (C=O) groups is 10. The van der Waals surface area contributed by atoms with Gasteiger partial charge in [0.2, 0.25) is 41.4 Å². The van der Waals surface area contributed by atoms with Gasteiger partial charge in [0, 0.05) is 27.4 Å². The second-order valence-electron chi connectivity index (χ2n) is 16.9. The SMILES string of the molecule is CO[C@@H]1O[C@H](CO)[C@@H](O[C@@H]2O[C@H](CO)[C@@H](O)[C@H](O)[C@H]2NC(C)=O)[C@H](O[C@H](C)C(=O)N[C@@H](C)C(=O)N[C@H](CCC(=O)N[C@@H](CCC[C@@H](N)C(=O)O)C(=O)N[C@H](C)C(=O)N[C@H](C)C(=O)O)C(=O)O)[C@H]1NC(C)=O. The number of carboxylic acids is 3. The van der Waals surface area contributed by atoms with Crippen LogP contribution in [-0.2, 0) is 71.6 Å². The predicted octanol–water partition coefficient (Wildman–Crippen LogP) is -7.03. The highest BCUT2D eigenvalue weighted by molar-refractivity contribution is 5.94. The standard InChI is InChI=1S/C41H68N8O22/c1-15(33(57)45-17(3)37(61)62)44-36(60)22(10-8-9-21(42)38(63)64)48-26(54)12-11-23(39(65)66)49-34(58)16(2)43-35(59)18(4)68-32-28(47-20(6)53)40(67-7)70-25(14-51)31(32)71-41-27(46-19(5)52)30(56)29(55)24(13-50)69-41/h15-18,21-25,27-32,40-41,50-51,55-56H,8-14,42H2,1-7H3,(H,43,59)(H,44,60)(H,45,57)(H,46,52)(H,47,53)(H,48,54)(H,49,58)(H,61,62)(H,63,64)(H,65,66)/t15-,16+,17-,18-,21-,22+,23-,24-,25-,27-,28-,29-,30-,31-,32-,40-,41+/m1/s1. The molecule has 30 heteroatoms. The first-order valence-electron chi connectivity index (χ1n) is 22.4. The van der Waals surface area contributed by atoms with E-state index in [2.05, 4.69) is 37.2 Å². The third kappa shape index (κ3) is 18.8. The van der Waals surface area contributed by atoms with Gasteiger partial charge in [-0.25, -0.2) is 4.79 Å². The van der Waals surface area contributed by atoms with Crippen LogP contribution in [0.5, 0.6) is 0 Å². The number of aliphatic hydroxyl groups is 4. The molecule has 2 saturated heterocycles. The molecule has 0 aromatic heterocycles. The zero-order valence-electron chi connectivity index (χ0n) is 40.1. The zero-order chi connectivity index (χ0) is 54.0. The van der Waals surface area contributed by atoms with E-state index in [1.54, 1.807) is 0 Å². The smallest absolute Gasteiger partial charge is 0.326 e. The lowest BCUT2D eigenvalue weighted by atomic mass is 9.94. The van der Waals surface area contributed by atoms with Crippen LogP contribution in [0.3, 0.4) is 0 Å². The van der Waals surface area contributed by atoms with Crippen molar-refractivity contribution in [1.82, 2.24) is 37.2 Å². The molecule has 0 saturated carbocycles. The van der Waals surface area contributed by atoms with Crippen molar-refractivity contribution in [1.29, 1.82) is 0 Å².